The van der Waals surface area contributed by atoms with Crippen LogP contribution in [0.5, 0.6) is 0 Å². The van der Waals surface area contributed by atoms with Crippen molar-refractivity contribution in [3.05, 3.63) is 52.3 Å². The number of nitrogens with one attached hydrogen (secondary N) is 1. The fourth-order valence-electron chi connectivity index (χ4n) is 1.59. The largest absolute Gasteiger partial charge is 0.433 e. The van der Waals surface area contributed by atoms with Crippen molar-refractivity contribution in [3.8, 4) is 0 Å². The van der Waals surface area contributed by atoms with E-state index in [1.807, 2.05) is 5.32 Å². The van der Waals surface area contributed by atoms with Gasteiger partial charge in [0.15, 0.2) is 5.76 Å². The minimum Gasteiger partial charge on any atom is -0.400 e. The molecule has 1 fully saturated rings. The number of hydrogen-bond donors (Lipinski definition) is 2. The van der Waals surface area contributed by atoms with Gasteiger partial charge in [0, 0.05) is 12.4 Å². The zero-order valence-corrected chi connectivity index (χ0v) is 12.9. The van der Waals surface area contributed by atoms with Gasteiger partial charge in [-0.15, -0.1) is 0 Å². The molecule has 3 N–H and O–H groups in total. The van der Waals surface area contributed by atoms with Crippen LogP contribution in [0, 0.1) is 10.1 Å². The number of carbonyl (C=O) groups is 3. The number of hydrazone groups is 1. The Hall–Kier alpha value is -4.16. The normalized spacial score (nSPS) is 13.3. The molecule has 1 aliphatic heterocycles. The number of nitrogens with zero attached hydrogens (tertiary/aromatic N) is 5. The summed E-state index contributed by atoms with van der Waals surface area (Å²) in [5.41, 5.74) is 5.06. The van der Waals surface area contributed by atoms with E-state index >= 15 is 0 Å². The smallest absolute Gasteiger partial charge is 0.400 e. The zero-order valence-electron chi connectivity index (χ0n) is 12.9. The highest BCUT2D eigenvalue weighted by atomic mass is 16.6. The second kappa shape index (κ2) is 8.09. The van der Waals surface area contributed by atoms with Crippen molar-refractivity contribution in [2.45, 2.75) is 0 Å². The Labute approximate surface area is 144 Å². The maximum absolute atomic E-state index is 11.1. The van der Waals surface area contributed by atoms with Crippen LogP contribution in [0.4, 0.5) is 10.7 Å². The van der Waals surface area contributed by atoms with Crippen LogP contribution < -0.4 is 11.1 Å². The predicted octanol–water partition coefficient (Wildman–Crippen LogP) is -0.351. The summed E-state index contributed by atoms with van der Waals surface area (Å²) < 4.78 is 4.78. The van der Waals surface area contributed by atoms with Crippen LogP contribution in [0.2, 0.25) is 0 Å². The number of aromatic nitrogens is 2. The highest BCUT2D eigenvalue weighted by Crippen LogP contribution is 2.14. The summed E-state index contributed by atoms with van der Waals surface area (Å²) in [6, 6.07) is 1.85. The first-order valence-corrected chi connectivity index (χ1v) is 6.82. The average molecular weight is 361 g/mol. The molecule has 1 saturated heterocycles. The summed E-state index contributed by atoms with van der Waals surface area (Å²) >= 11 is 0. The molecule has 3 heterocycles. The summed E-state index contributed by atoms with van der Waals surface area (Å²) in [4.78, 5) is 49.1. The lowest BCUT2D eigenvalue weighted by molar-refractivity contribution is -0.402. The Morgan fingerprint density at radius 2 is 2.19 bits per heavy atom. The molecule has 0 aliphatic carbocycles. The van der Waals surface area contributed by atoms with E-state index in [-0.39, 0.29) is 18.0 Å². The molecular weight excluding hydrogens is 350 g/mol. The molecule has 0 atom stereocenters. The van der Waals surface area contributed by atoms with Gasteiger partial charge in [0.1, 0.15) is 17.2 Å². The van der Waals surface area contributed by atoms with E-state index in [0.29, 0.717) is 0 Å². The predicted molar refractivity (Wildman–Crippen MR) is 83.8 cm³/mol. The lowest BCUT2D eigenvalue weighted by Gasteiger charge is -2.02. The number of amides is 4. The molecule has 1 aliphatic rings. The van der Waals surface area contributed by atoms with Crippen LogP contribution >= 0.6 is 0 Å². The first-order chi connectivity index (χ1) is 12.4. The van der Waals surface area contributed by atoms with Gasteiger partial charge in [-0.3, -0.25) is 30.0 Å². The van der Waals surface area contributed by atoms with Crippen LogP contribution in [0.1, 0.15) is 16.2 Å². The first kappa shape index (κ1) is 18.2. The minimum atomic E-state index is -0.691. The van der Waals surface area contributed by atoms with E-state index in [1.165, 1.54) is 24.7 Å². The maximum atomic E-state index is 11.1. The van der Waals surface area contributed by atoms with E-state index in [2.05, 4.69) is 15.1 Å². The molecule has 0 bridgehead atoms. The van der Waals surface area contributed by atoms with Crippen molar-refractivity contribution in [2.24, 2.45) is 10.8 Å². The monoisotopic (exact) mass is 361 g/mol. The molecule has 2 aromatic rings. The third-order valence-electron chi connectivity index (χ3n) is 2.71. The summed E-state index contributed by atoms with van der Waals surface area (Å²) in [5, 5.41) is 16.9. The Kier molecular flexibility index (Phi) is 5.66. The number of nitro groups is 1. The molecule has 0 saturated carbocycles. The van der Waals surface area contributed by atoms with Gasteiger partial charge in [-0.05, 0) is 6.07 Å². The van der Waals surface area contributed by atoms with Crippen molar-refractivity contribution < 1.29 is 23.7 Å². The SMILES string of the molecule is NC(=O)c1cnccn1.O=C1CN(/N=C/c2ccc([N+](=O)[O-])o2)C(=O)N1. The lowest BCUT2D eigenvalue weighted by atomic mass is 10.4. The highest BCUT2D eigenvalue weighted by Gasteiger charge is 2.26. The van der Waals surface area contributed by atoms with Gasteiger partial charge >= 0.3 is 11.9 Å². The standard InChI is InChI=1S/C8H6N4O5.C5H5N3O/c13-6-4-11(8(14)10-6)9-3-5-1-2-7(17-5)12(15)16;6-5(9)4-3-7-1-2-8-4/h1-3H,4H2,(H,10,13,14);1-3H,(H2,6,9)/b9-3+;. The molecule has 26 heavy (non-hydrogen) atoms. The number of imide groups is 1. The number of urea groups is 1. The van der Waals surface area contributed by atoms with E-state index in [4.69, 9.17) is 10.2 Å². The van der Waals surface area contributed by atoms with E-state index in [0.717, 1.165) is 17.3 Å². The third-order valence-corrected chi connectivity index (χ3v) is 2.71. The topological polar surface area (TPSA) is 187 Å². The summed E-state index contributed by atoms with van der Waals surface area (Å²) in [6.45, 7) is -0.182. The van der Waals surface area contributed by atoms with Gasteiger partial charge in [-0.2, -0.15) is 5.10 Å². The number of primary amides is 1. The van der Waals surface area contributed by atoms with Crippen LogP contribution in [-0.4, -0.2) is 50.5 Å². The summed E-state index contributed by atoms with van der Waals surface area (Å²) in [5.74, 6) is -1.32. The van der Waals surface area contributed by atoms with Crippen molar-refractivity contribution in [3.63, 3.8) is 0 Å². The second-order valence-electron chi connectivity index (χ2n) is 4.54. The van der Waals surface area contributed by atoms with Crippen LogP contribution in [0.3, 0.4) is 0 Å². The van der Waals surface area contributed by atoms with Crippen molar-refractivity contribution in [1.29, 1.82) is 0 Å². The van der Waals surface area contributed by atoms with Gasteiger partial charge in [-0.1, -0.05) is 0 Å². The van der Waals surface area contributed by atoms with Gasteiger partial charge in [0.25, 0.3) is 5.91 Å². The van der Waals surface area contributed by atoms with E-state index < -0.39 is 28.7 Å². The Balaban J connectivity index is 0.000000228. The van der Waals surface area contributed by atoms with Gasteiger partial charge in [-0.25, -0.2) is 14.8 Å². The third kappa shape index (κ3) is 4.92. The highest BCUT2D eigenvalue weighted by molar-refractivity contribution is 6.02. The quantitative estimate of drug-likeness (QED) is 0.320. The van der Waals surface area contributed by atoms with Gasteiger partial charge in [0.2, 0.25) is 5.91 Å². The molecule has 13 nitrogen and oxygen atoms in total. The number of rotatable bonds is 4. The van der Waals surface area contributed by atoms with Crippen LogP contribution in [0.15, 0.2) is 40.2 Å². The van der Waals surface area contributed by atoms with Crippen LogP contribution in [0.25, 0.3) is 0 Å². The Bertz CT molecular complexity index is 863. The molecule has 4 amide bonds. The van der Waals surface area contributed by atoms with E-state index in [1.54, 1.807) is 0 Å². The summed E-state index contributed by atoms with van der Waals surface area (Å²) in [6.07, 6.45) is 5.33. The fraction of sp³-hybridized carbons (Fsp3) is 0.0769. The fourth-order valence-corrected chi connectivity index (χ4v) is 1.59. The molecule has 0 unspecified atom stereocenters. The van der Waals surface area contributed by atoms with Crippen LogP contribution in [-0.2, 0) is 4.79 Å². The number of furan rings is 1. The Morgan fingerprint density at radius 3 is 2.65 bits per heavy atom. The lowest BCUT2D eigenvalue weighted by Crippen LogP contribution is -2.24. The zero-order chi connectivity index (χ0) is 19.1. The molecule has 134 valence electrons. The number of nitrogens with two attached hydrogens (primary N) is 1. The molecule has 0 aromatic carbocycles. The number of carbonyl (C=O) groups excluding carboxylic acids is 3. The molecule has 0 spiro atoms. The molecular formula is C13H11N7O6. The van der Waals surface area contributed by atoms with E-state index in [9.17, 15) is 24.5 Å². The average Bonchev–Trinajstić information content (AvgIpc) is 3.20. The molecule has 0 radical (unpaired) electrons. The molecule has 13 heteroatoms. The van der Waals surface area contributed by atoms with Crippen molar-refractivity contribution in [2.75, 3.05) is 6.54 Å². The van der Waals surface area contributed by atoms with Crippen molar-refractivity contribution in [1.82, 2.24) is 20.3 Å². The summed E-state index contributed by atoms with van der Waals surface area (Å²) in [7, 11) is 0. The molecule has 3 rings (SSSR count). The number of hydrogen-bond acceptors (Lipinski definition) is 9. The molecule has 2 aromatic heterocycles. The van der Waals surface area contributed by atoms with Gasteiger partial charge < -0.3 is 10.2 Å². The minimum absolute atomic E-state index is 0.115. The Morgan fingerprint density at radius 1 is 1.42 bits per heavy atom. The second-order valence-corrected chi connectivity index (χ2v) is 4.54. The van der Waals surface area contributed by atoms with Gasteiger partial charge in [0.05, 0.1) is 18.5 Å². The first-order valence-electron chi connectivity index (χ1n) is 6.82. The maximum Gasteiger partial charge on any atom is 0.433 e. The van der Waals surface area contributed by atoms with Crippen molar-refractivity contribution >= 4 is 29.9 Å².